The highest BCUT2D eigenvalue weighted by molar-refractivity contribution is 7.92. The maximum atomic E-state index is 12.6. The summed E-state index contributed by atoms with van der Waals surface area (Å²) in [6.45, 7) is 1.44. The molecule has 1 aliphatic carbocycles. The lowest BCUT2D eigenvalue weighted by Gasteiger charge is -2.25. The molecule has 1 unspecified atom stereocenters. The van der Waals surface area contributed by atoms with Gasteiger partial charge < -0.3 is 9.67 Å². The Morgan fingerprint density at radius 3 is 2.47 bits per heavy atom. The number of nitrogens with zero attached hydrogens (tertiary/aromatic N) is 1. The Morgan fingerprint density at radius 2 is 1.94 bits per heavy atom. The molecule has 1 aromatic carbocycles. The Bertz CT molecular complexity index is 1170. The van der Waals surface area contributed by atoms with E-state index in [4.69, 9.17) is 10.3 Å². The van der Waals surface area contributed by atoms with Gasteiger partial charge in [0.15, 0.2) is 14.6 Å². The van der Waals surface area contributed by atoms with E-state index < -0.39 is 20.5 Å². The first-order chi connectivity index (χ1) is 15.1. The molecule has 0 radical (unpaired) electrons. The van der Waals surface area contributed by atoms with Gasteiger partial charge in [0.1, 0.15) is 0 Å². The number of benzene rings is 1. The third kappa shape index (κ3) is 5.17. The standard InChI is InChI=1S/C23H28N2O6S/c1-23(22(28)24-29,32(2,30)31)10-12-25-11-9-19(14-21(25)27)17-6-3-16(4-7-17)5-8-18-13-20(18)15-26/h3-9,11,14,18,20,26,29H,10,12-13,15H2,1-2H3,(H,24,28)/t18-,20+,23?/m0/s1. The molecule has 1 heterocycles. The smallest absolute Gasteiger partial charge is 0.264 e. The van der Waals surface area contributed by atoms with Crippen molar-refractivity contribution in [2.75, 3.05) is 12.9 Å². The molecule has 3 atom stereocenters. The Hall–Kier alpha value is -2.75. The summed E-state index contributed by atoms with van der Waals surface area (Å²) >= 11 is 0. The van der Waals surface area contributed by atoms with Crippen molar-refractivity contribution in [2.24, 2.45) is 11.8 Å². The SMILES string of the molecule is CC(CCn1ccc(-c2ccc(C=C[C@H]3C[C@@H]3CO)cc2)cc1=O)(C(=O)NO)S(C)(=O)=O. The summed E-state index contributed by atoms with van der Waals surface area (Å²) < 4.78 is 23.6. The van der Waals surface area contributed by atoms with E-state index in [-0.39, 0.29) is 25.1 Å². The molecule has 0 bridgehead atoms. The lowest BCUT2D eigenvalue weighted by atomic mass is 10.0. The molecule has 9 heteroatoms. The number of aromatic nitrogens is 1. The summed E-state index contributed by atoms with van der Waals surface area (Å²) in [5.74, 6) is -0.210. The number of amides is 1. The zero-order valence-corrected chi connectivity index (χ0v) is 18.9. The minimum absolute atomic E-state index is 0.00413. The number of carbonyl (C=O) groups excluding carboxylic acids is 1. The molecular weight excluding hydrogens is 432 g/mol. The van der Waals surface area contributed by atoms with E-state index in [0.29, 0.717) is 11.8 Å². The fraction of sp³-hybridized carbons (Fsp3) is 0.391. The molecule has 3 rings (SSSR count). The monoisotopic (exact) mass is 460 g/mol. The number of sulfone groups is 1. The molecule has 1 aromatic heterocycles. The van der Waals surface area contributed by atoms with Gasteiger partial charge in [0.25, 0.3) is 11.5 Å². The molecule has 8 nitrogen and oxygen atoms in total. The third-order valence-corrected chi connectivity index (χ3v) is 8.24. The second kappa shape index (κ2) is 9.40. The van der Waals surface area contributed by atoms with Crippen molar-refractivity contribution in [3.63, 3.8) is 0 Å². The van der Waals surface area contributed by atoms with Crippen molar-refractivity contribution in [1.29, 1.82) is 0 Å². The molecule has 1 amide bonds. The van der Waals surface area contributed by atoms with Crippen LogP contribution >= 0.6 is 0 Å². The van der Waals surface area contributed by atoms with Crippen molar-refractivity contribution in [3.05, 3.63) is 64.6 Å². The number of aryl methyl sites for hydroxylation is 1. The Balaban J connectivity index is 1.71. The minimum Gasteiger partial charge on any atom is -0.396 e. The molecule has 0 saturated heterocycles. The van der Waals surface area contributed by atoms with Crippen LogP contribution < -0.4 is 11.0 Å². The van der Waals surface area contributed by atoms with Gasteiger partial charge in [-0.3, -0.25) is 14.8 Å². The van der Waals surface area contributed by atoms with Gasteiger partial charge in [-0.15, -0.1) is 0 Å². The average Bonchev–Trinajstić information content (AvgIpc) is 3.54. The van der Waals surface area contributed by atoms with E-state index in [9.17, 15) is 18.0 Å². The highest BCUT2D eigenvalue weighted by atomic mass is 32.2. The predicted molar refractivity (Wildman–Crippen MR) is 122 cm³/mol. The fourth-order valence-electron chi connectivity index (χ4n) is 3.53. The third-order valence-electron chi connectivity index (χ3n) is 6.22. The number of hydrogen-bond acceptors (Lipinski definition) is 6. The summed E-state index contributed by atoms with van der Waals surface area (Å²) in [6.07, 6.45) is 7.48. The lowest BCUT2D eigenvalue weighted by Crippen LogP contribution is -2.49. The number of pyridine rings is 1. The number of aliphatic hydroxyl groups excluding tert-OH is 1. The largest absolute Gasteiger partial charge is 0.396 e. The first-order valence-corrected chi connectivity index (χ1v) is 12.2. The van der Waals surface area contributed by atoms with Gasteiger partial charge in [-0.1, -0.05) is 36.4 Å². The van der Waals surface area contributed by atoms with Crippen LogP contribution in [0.15, 0.2) is 53.5 Å². The molecule has 1 saturated carbocycles. The Morgan fingerprint density at radius 1 is 1.25 bits per heavy atom. The topological polar surface area (TPSA) is 126 Å². The molecule has 172 valence electrons. The molecule has 0 aliphatic heterocycles. The van der Waals surface area contributed by atoms with Crippen molar-refractivity contribution >= 4 is 21.8 Å². The van der Waals surface area contributed by atoms with Crippen molar-refractivity contribution in [2.45, 2.75) is 31.1 Å². The summed E-state index contributed by atoms with van der Waals surface area (Å²) in [6, 6.07) is 11.0. The Kier molecular flexibility index (Phi) is 7.02. The summed E-state index contributed by atoms with van der Waals surface area (Å²) in [5, 5.41) is 18.0. The number of nitrogens with one attached hydrogen (secondary N) is 1. The van der Waals surface area contributed by atoms with Gasteiger partial charge in [0, 0.05) is 31.7 Å². The maximum Gasteiger partial charge on any atom is 0.264 e. The highest BCUT2D eigenvalue weighted by Gasteiger charge is 2.43. The van der Waals surface area contributed by atoms with Gasteiger partial charge in [-0.2, -0.15) is 0 Å². The lowest BCUT2D eigenvalue weighted by molar-refractivity contribution is -0.131. The number of carbonyl (C=O) groups is 1. The van der Waals surface area contributed by atoms with E-state index in [1.807, 2.05) is 30.3 Å². The second-order valence-electron chi connectivity index (χ2n) is 8.46. The van der Waals surface area contributed by atoms with Crippen LogP contribution in [0.4, 0.5) is 0 Å². The average molecular weight is 461 g/mol. The van der Waals surface area contributed by atoms with Gasteiger partial charge in [0.05, 0.1) is 0 Å². The van der Waals surface area contributed by atoms with E-state index >= 15 is 0 Å². The number of rotatable bonds is 9. The summed E-state index contributed by atoms with van der Waals surface area (Å²) in [7, 11) is -3.83. The quantitative estimate of drug-likeness (QED) is 0.387. The van der Waals surface area contributed by atoms with Crippen LogP contribution in [0.5, 0.6) is 0 Å². The molecule has 3 N–H and O–H groups in total. The van der Waals surface area contributed by atoms with Crippen molar-refractivity contribution in [3.8, 4) is 11.1 Å². The van der Waals surface area contributed by atoms with Crippen LogP contribution in [0, 0.1) is 11.8 Å². The molecule has 2 aromatic rings. The van der Waals surface area contributed by atoms with Crippen LogP contribution in [0.25, 0.3) is 17.2 Å². The van der Waals surface area contributed by atoms with Crippen molar-refractivity contribution in [1.82, 2.24) is 10.0 Å². The van der Waals surface area contributed by atoms with E-state index in [1.54, 1.807) is 12.3 Å². The van der Waals surface area contributed by atoms with Crippen LogP contribution in [0.1, 0.15) is 25.3 Å². The van der Waals surface area contributed by atoms with Crippen LogP contribution in [0.2, 0.25) is 0 Å². The van der Waals surface area contributed by atoms with E-state index in [2.05, 4.69) is 6.08 Å². The van der Waals surface area contributed by atoms with Crippen LogP contribution in [-0.4, -0.2) is 46.8 Å². The van der Waals surface area contributed by atoms with Gasteiger partial charge >= 0.3 is 0 Å². The molecular formula is C23H28N2O6S. The first kappa shape index (κ1) is 23.9. The van der Waals surface area contributed by atoms with Crippen LogP contribution in [0.3, 0.4) is 0 Å². The molecule has 1 fully saturated rings. The van der Waals surface area contributed by atoms with Gasteiger partial charge in [-0.25, -0.2) is 13.9 Å². The maximum absolute atomic E-state index is 12.6. The number of hydrogen-bond donors (Lipinski definition) is 3. The van der Waals surface area contributed by atoms with Crippen molar-refractivity contribution < 1.29 is 23.5 Å². The second-order valence-corrected chi connectivity index (χ2v) is 10.9. The predicted octanol–water partition coefficient (Wildman–Crippen LogP) is 1.86. The molecule has 32 heavy (non-hydrogen) atoms. The number of hydroxylamine groups is 1. The van der Waals surface area contributed by atoms with Crippen LogP contribution in [-0.2, 0) is 21.2 Å². The highest BCUT2D eigenvalue weighted by Crippen LogP contribution is 2.39. The zero-order valence-electron chi connectivity index (χ0n) is 18.1. The molecule has 0 spiro atoms. The van der Waals surface area contributed by atoms with E-state index in [0.717, 1.165) is 29.4 Å². The molecule has 1 aliphatic rings. The summed E-state index contributed by atoms with van der Waals surface area (Å²) in [4.78, 5) is 24.5. The fourth-order valence-corrected chi connectivity index (χ4v) is 4.37. The number of allylic oxidation sites excluding steroid dienone is 1. The van der Waals surface area contributed by atoms with E-state index in [1.165, 1.54) is 23.0 Å². The normalized spacial score (nSPS) is 20.1. The summed E-state index contributed by atoms with van der Waals surface area (Å²) in [5.41, 5.74) is 3.70. The van der Waals surface area contributed by atoms with Gasteiger partial charge in [-0.05, 0) is 54.4 Å². The van der Waals surface area contributed by atoms with Gasteiger partial charge in [0.2, 0.25) is 0 Å². The first-order valence-electron chi connectivity index (χ1n) is 10.3. The minimum atomic E-state index is -3.83. The number of aliphatic hydroxyl groups is 1. The Labute approximate surface area is 187 Å². The zero-order chi connectivity index (χ0) is 23.5.